The van der Waals surface area contributed by atoms with E-state index in [4.69, 9.17) is 4.98 Å². The predicted octanol–water partition coefficient (Wildman–Crippen LogP) is 4.20. The van der Waals surface area contributed by atoms with Crippen molar-refractivity contribution in [3.8, 4) is 0 Å². The third-order valence-electron chi connectivity index (χ3n) is 6.04. The Labute approximate surface area is 203 Å². The second-order valence-electron chi connectivity index (χ2n) is 8.43. The quantitative estimate of drug-likeness (QED) is 0.161. The van der Waals surface area contributed by atoms with E-state index < -0.39 is 5.25 Å². The van der Waals surface area contributed by atoms with Gasteiger partial charge in [0.05, 0.1) is 21.7 Å². The van der Waals surface area contributed by atoms with E-state index in [1.165, 1.54) is 23.1 Å². The number of thioether (sulfide) groups is 1. The van der Waals surface area contributed by atoms with Crippen LogP contribution in [0.2, 0.25) is 0 Å². The summed E-state index contributed by atoms with van der Waals surface area (Å²) in [5, 5.41) is 3.63. The Morgan fingerprint density at radius 2 is 2.06 bits per heavy atom. The second-order valence-corrected chi connectivity index (χ2v) is 10.8. The number of imidazole rings is 1. The van der Waals surface area contributed by atoms with Crippen molar-refractivity contribution in [2.45, 2.75) is 56.0 Å². The molecule has 3 aromatic heterocycles. The number of benzene rings is 1. The number of aromatic amines is 2. The van der Waals surface area contributed by atoms with Gasteiger partial charge in [0.15, 0.2) is 5.16 Å². The molecule has 3 heterocycles. The number of amides is 1. The normalized spacial score (nSPS) is 14.6. The van der Waals surface area contributed by atoms with Crippen LogP contribution >= 0.6 is 23.1 Å². The number of aromatic nitrogens is 4. The maximum Gasteiger partial charge on any atom is 0.323 e. The molecule has 0 fully saturated rings. The molecule has 1 aliphatic rings. The molecule has 0 saturated heterocycles. The van der Waals surface area contributed by atoms with Gasteiger partial charge < -0.3 is 15.3 Å². The lowest BCUT2D eigenvalue weighted by molar-refractivity contribution is -0.115. The minimum absolute atomic E-state index is 0.0544. The van der Waals surface area contributed by atoms with Gasteiger partial charge in [-0.1, -0.05) is 24.3 Å². The van der Waals surface area contributed by atoms with Gasteiger partial charge in [0.2, 0.25) is 5.91 Å². The number of aryl methyl sites for hydroxylation is 2. The molecule has 8 nitrogen and oxygen atoms in total. The van der Waals surface area contributed by atoms with Gasteiger partial charge in [-0.15, -0.1) is 17.9 Å². The summed E-state index contributed by atoms with van der Waals surface area (Å²) >= 11 is 2.87. The van der Waals surface area contributed by atoms with Crippen molar-refractivity contribution in [3.63, 3.8) is 0 Å². The fourth-order valence-corrected chi connectivity index (χ4v) is 6.56. The Kier molecular flexibility index (Phi) is 6.18. The number of rotatable bonds is 6. The highest BCUT2D eigenvalue weighted by Crippen LogP contribution is 2.34. The number of hydrogen-bond acceptors (Lipinski definition) is 6. The highest BCUT2D eigenvalue weighted by Gasteiger charge is 2.24. The van der Waals surface area contributed by atoms with Crippen LogP contribution in [0.5, 0.6) is 0 Å². The molecule has 1 aliphatic carbocycles. The first kappa shape index (κ1) is 22.7. The van der Waals surface area contributed by atoms with Crippen LogP contribution in [0.3, 0.4) is 0 Å². The van der Waals surface area contributed by atoms with Crippen LogP contribution in [-0.4, -0.2) is 30.7 Å². The molecule has 1 amide bonds. The van der Waals surface area contributed by atoms with Gasteiger partial charge in [-0.25, -0.2) is 9.78 Å². The number of nitrogens with zero attached hydrogens (tertiary/aromatic N) is 2. The molecule has 0 spiro atoms. The SMILES string of the molecule is C=CCn1c(SC(C)C(=O)Nc2ccc3[nH]c(=O)[nH]c3c2)nc2sc3c(c2c1=O)CCCCC3. The van der Waals surface area contributed by atoms with E-state index in [1.54, 1.807) is 47.1 Å². The van der Waals surface area contributed by atoms with Crippen molar-refractivity contribution < 1.29 is 4.79 Å². The molecule has 5 rings (SSSR count). The van der Waals surface area contributed by atoms with E-state index in [1.807, 2.05) is 0 Å². The van der Waals surface area contributed by atoms with Crippen molar-refractivity contribution in [1.29, 1.82) is 0 Å². The van der Waals surface area contributed by atoms with E-state index >= 15 is 0 Å². The maximum absolute atomic E-state index is 13.5. The van der Waals surface area contributed by atoms with Crippen molar-refractivity contribution in [2.75, 3.05) is 5.32 Å². The first-order valence-corrected chi connectivity index (χ1v) is 13.0. The molecule has 4 aromatic rings. The number of fused-ring (bicyclic) bond motifs is 4. The second kappa shape index (κ2) is 9.27. The van der Waals surface area contributed by atoms with Gasteiger partial charge in [-0.05, 0) is 56.4 Å². The van der Waals surface area contributed by atoms with E-state index in [0.29, 0.717) is 28.4 Å². The van der Waals surface area contributed by atoms with E-state index in [0.717, 1.165) is 41.5 Å². The average molecular weight is 496 g/mol. The lowest BCUT2D eigenvalue weighted by Crippen LogP contribution is -2.26. The third kappa shape index (κ3) is 4.23. The van der Waals surface area contributed by atoms with Crippen molar-refractivity contribution in [2.24, 2.45) is 0 Å². The minimum Gasteiger partial charge on any atom is -0.325 e. The Hall–Kier alpha value is -3.11. The summed E-state index contributed by atoms with van der Waals surface area (Å²) in [6.07, 6.45) is 7.02. The lowest BCUT2D eigenvalue weighted by atomic mass is 10.1. The Balaban J connectivity index is 1.43. The van der Waals surface area contributed by atoms with E-state index in [9.17, 15) is 14.4 Å². The number of nitrogens with one attached hydrogen (secondary N) is 3. The fourth-order valence-electron chi connectivity index (χ4n) is 4.34. The fraction of sp³-hybridized carbons (Fsp3) is 0.333. The summed E-state index contributed by atoms with van der Waals surface area (Å²) < 4.78 is 1.62. The van der Waals surface area contributed by atoms with Crippen LogP contribution < -0.4 is 16.6 Å². The van der Waals surface area contributed by atoms with Crippen molar-refractivity contribution in [3.05, 3.63) is 62.1 Å². The van der Waals surface area contributed by atoms with E-state index in [-0.39, 0.29) is 17.2 Å². The summed E-state index contributed by atoms with van der Waals surface area (Å²) in [6.45, 7) is 5.92. The number of carbonyl (C=O) groups excluding carboxylic acids is 1. The largest absolute Gasteiger partial charge is 0.325 e. The number of H-pyrrole nitrogens is 2. The van der Waals surface area contributed by atoms with Crippen molar-refractivity contribution >= 4 is 55.9 Å². The predicted molar refractivity (Wildman–Crippen MR) is 138 cm³/mol. The zero-order valence-electron chi connectivity index (χ0n) is 18.8. The maximum atomic E-state index is 13.5. The van der Waals surface area contributed by atoms with Crippen LogP contribution in [0.25, 0.3) is 21.3 Å². The molecule has 34 heavy (non-hydrogen) atoms. The van der Waals surface area contributed by atoms with Crippen LogP contribution in [0.1, 0.15) is 36.6 Å². The monoisotopic (exact) mass is 495 g/mol. The summed E-state index contributed by atoms with van der Waals surface area (Å²) in [6, 6.07) is 5.18. The van der Waals surface area contributed by atoms with Crippen LogP contribution in [0.15, 0.2) is 45.6 Å². The Morgan fingerprint density at radius 1 is 1.26 bits per heavy atom. The summed E-state index contributed by atoms with van der Waals surface area (Å²) in [5.41, 5.74) is 2.68. The highest BCUT2D eigenvalue weighted by molar-refractivity contribution is 8.00. The Morgan fingerprint density at radius 3 is 2.88 bits per heavy atom. The topological polar surface area (TPSA) is 113 Å². The number of carbonyl (C=O) groups is 1. The molecule has 0 bridgehead atoms. The molecule has 1 unspecified atom stereocenters. The van der Waals surface area contributed by atoms with Crippen LogP contribution in [0.4, 0.5) is 5.69 Å². The molecule has 3 N–H and O–H groups in total. The average Bonchev–Trinajstić information content (AvgIpc) is 3.26. The molecular formula is C24H25N5O3S2. The smallest absolute Gasteiger partial charge is 0.323 e. The summed E-state index contributed by atoms with van der Waals surface area (Å²) in [7, 11) is 0. The first-order valence-electron chi connectivity index (χ1n) is 11.3. The molecule has 0 radical (unpaired) electrons. The van der Waals surface area contributed by atoms with Gasteiger partial charge in [-0.3, -0.25) is 14.2 Å². The Bertz CT molecular complexity index is 1530. The number of thiophene rings is 1. The number of allylic oxidation sites excluding steroid dienone is 1. The van der Waals surface area contributed by atoms with Crippen LogP contribution in [0, 0.1) is 0 Å². The first-order chi connectivity index (χ1) is 16.4. The standard InChI is InChI=1S/C24H25N5O3S2/c1-3-11-29-22(31)19-15-7-5-4-6-8-18(15)34-21(19)28-24(29)33-13(2)20(30)25-14-9-10-16-17(12-14)27-23(32)26-16/h3,9-10,12-13H,1,4-8,11H2,2H3,(H,25,30)(H2,26,27,32). The van der Waals surface area contributed by atoms with Gasteiger partial charge in [0.25, 0.3) is 5.56 Å². The molecule has 10 heteroatoms. The molecule has 1 atom stereocenters. The summed E-state index contributed by atoms with van der Waals surface area (Å²) in [4.78, 5) is 50.1. The molecular weight excluding hydrogens is 470 g/mol. The minimum atomic E-state index is -0.501. The number of hydrogen-bond donors (Lipinski definition) is 3. The molecule has 1 aromatic carbocycles. The molecule has 0 aliphatic heterocycles. The lowest BCUT2D eigenvalue weighted by Gasteiger charge is -2.15. The van der Waals surface area contributed by atoms with Crippen molar-refractivity contribution in [1.82, 2.24) is 19.5 Å². The van der Waals surface area contributed by atoms with Gasteiger partial charge in [0, 0.05) is 17.1 Å². The van der Waals surface area contributed by atoms with Crippen LogP contribution in [-0.2, 0) is 24.2 Å². The van der Waals surface area contributed by atoms with Gasteiger partial charge in [0.1, 0.15) is 4.83 Å². The molecule has 0 saturated carbocycles. The third-order valence-corrected chi connectivity index (χ3v) is 8.31. The zero-order chi connectivity index (χ0) is 23.8. The van der Waals surface area contributed by atoms with E-state index in [2.05, 4.69) is 21.9 Å². The molecule has 176 valence electrons. The highest BCUT2D eigenvalue weighted by atomic mass is 32.2. The van der Waals surface area contributed by atoms with Gasteiger partial charge >= 0.3 is 5.69 Å². The van der Waals surface area contributed by atoms with Gasteiger partial charge in [-0.2, -0.15) is 0 Å². The number of anilines is 1. The summed E-state index contributed by atoms with van der Waals surface area (Å²) in [5.74, 6) is -0.219. The zero-order valence-corrected chi connectivity index (χ0v) is 20.4.